The van der Waals surface area contributed by atoms with Crippen LogP contribution >= 0.6 is 0 Å². The molecule has 2 fully saturated rings. The number of aliphatic hydroxyl groups is 1. The molecule has 0 aromatic rings. The summed E-state index contributed by atoms with van der Waals surface area (Å²) < 4.78 is 28.7. The van der Waals surface area contributed by atoms with E-state index in [1.54, 1.807) is 8.61 Å². The number of piperidine rings is 2. The van der Waals surface area contributed by atoms with Crippen molar-refractivity contribution in [1.82, 2.24) is 8.61 Å². The second-order valence-corrected chi connectivity index (χ2v) is 7.72. The Labute approximate surface area is 116 Å². The van der Waals surface area contributed by atoms with Gasteiger partial charge in [-0.15, -0.1) is 0 Å². The minimum absolute atomic E-state index is 0.122. The van der Waals surface area contributed by atoms with Crippen LogP contribution in [-0.2, 0) is 10.2 Å². The summed E-state index contributed by atoms with van der Waals surface area (Å²) in [6, 6.07) is 0.122. The van der Waals surface area contributed by atoms with Crippen LogP contribution in [0.25, 0.3) is 0 Å². The number of hydrogen-bond acceptors (Lipinski definition) is 3. The van der Waals surface area contributed by atoms with Gasteiger partial charge in [-0.1, -0.05) is 6.42 Å². The molecule has 0 aliphatic carbocycles. The van der Waals surface area contributed by atoms with Crippen molar-refractivity contribution in [2.45, 2.75) is 51.5 Å². The molecule has 0 saturated carbocycles. The minimum atomic E-state index is -3.30. The molecule has 2 rings (SSSR count). The van der Waals surface area contributed by atoms with E-state index in [0.29, 0.717) is 32.0 Å². The summed E-state index contributed by atoms with van der Waals surface area (Å²) in [6.07, 6.45) is 5.71. The van der Waals surface area contributed by atoms with E-state index in [9.17, 15) is 8.42 Å². The fourth-order valence-corrected chi connectivity index (χ4v) is 5.19. The van der Waals surface area contributed by atoms with Crippen molar-refractivity contribution >= 4 is 10.2 Å². The average molecular weight is 290 g/mol. The Bertz CT molecular complexity index is 383. The molecule has 0 aromatic heterocycles. The molecular formula is C13H26N2O3S. The van der Waals surface area contributed by atoms with Gasteiger partial charge in [-0.05, 0) is 44.9 Å². The van der Waals surface area contributed by atoms with Crippen molar-refractivity contribution in [2.75, 3.05) is 26.2 Å². The number of hydrogen-bond donors (Lipinski definition) is 1. The molecule has 6 heteroatoms. The van der Waals surface area contributed by atoms with Crippen LogP contribution in [0.1, 0.15) is 45.4 Å². The molecule has 2 aliphatic rings. The highest BCUT2D eigenvalue weighted by molar-refractivity contribution is 7.86. The molecule has 0 spiro atoms. The molecule has 2 saturated heterocycles. The van der Waals surface area contributed by atoms with Gasteiger partial charge in [-0.3, -0.25) is 0 Å². The van der Waals surface area contributed by atoms with E-state index in [4.69, 9.17) is 5.11 Å². The molecule has 2 aliphatic heterocycles. The van der Waals surface area contributed by atoms with Crippen molar-refractivity contribution < 1.29 is 13.5 Å². The first-order valence-electron chi connectivity index (χ1n) is 7.43. The zero-order valence-corrected chi connectivity index (χ0v) is 12.6. The highest BCUT2D eigenvalue weighted by atomic mass is 32.2. The van der Waals surface area contributed by atoms with E-state index in [0.717, 1.165) is 32.1 Å². The fourth-order valence-electron chi connectivity index (χ4n) is 3.22. The molecule has 0 amide bonds. The molecule has 2 unspecified atom stereocenters. The topological polar surface area (TPSA) is 60.9 Å². The molecule has 2 atom stereocenters. The van der Waals surface area contributed by atoms with E-state index < -0.39 is 10.2 Å². The van der Waals surface area contributed by atoms with E-state index in [2.05, 4.69) is 0 Å². The van der Waals surface area contributed by atoms with Crippen molar-refractivity contribution in [3.05, 3.63) is 0 Å². The van der Waals surface area contributed by atoms with Gasteiger partial charge in [-0.25, -0.2) is 0 Å². The summed E-state index contributed by atoms with van der Waals surface area (Å²) in [7, 11) is -3.30. The van der Waals surface area contributed by atoms with Crippen LogP contribution in [0, 0.1) is 5.92 Å². The van der Waals surface area contributed by atoms with Crippen LogP contribution in [0.4, 0.5) is 0 Å². The maximum atomic E-state index is 12.7. The van der Waals surface area contributed by atoms with Gasteiger partial charge in [0.05, 0.1) is 0 Å². The van der Waals surface area contributed by atoms with Crippen molar-refractivity contribution in [3.8, 4) is 0 Å². The van der Waals surface area contributed by atoms with Crippen LogP contribution in [-0.4, -0.2) is 54.4 Å². The van der Waals surface area contributed by atoms with E-state index >= 15 is 0 Å². The fraction of sp³-hybridized carbons (Fsp3) is 1.00. The van der Waals surface area contributed by atoms with Crippen molar-refractivity contribution in [2.24, 2.45) is 5.92 Å². The Morgan fingerprint density at radius 3 is 2.63 bits per heavy atom. The van der Waals surface area contributed by atoms with Crippen molar-refractivity contribution in [1.29, 1.82) is 0 Å². The van der Waals surface area contributed by atoms with Gasteiger partial charge in [-0.2, -0.15) is 17.0 Å². The number of nitrogens with zero attached hydrogens (tertiary/aromatic N) is 2. The lowest BCUT2D eigenvalue weighted by atomic mass is 9.97. The zero-order valence-electron chi connectivity index (χ0n) is 11.8. The lowest BCUT2D eigenvalue weighted by molar-refractivity contribution is 0.185. The summed E-state index contributed by atoms with van der Waals surface area (Å²) in [4.78, 5) is 0. The summed E-state index contributed by atoms with van der Waals surface area (Å²) in [5, 5.41) is 9.02. The van der Waals surface area contributed by atoms with E-state index in [1.807, 2.05) is 6.92 Å². The predicted octanol–water partition coefficient (Wildman–Crippen LogP) is 1.20. The molecular weight excluding hydrogens is 264 g/mol. The first-order chi connectivity index (χ1) is 9.05. The van der Waals surface area contributed by atoms with Crippen LogP contribution < -0.4 is 0 Å². The second kappa shape index (κ2) is 6.52. The zero-order chi connectivity index (χ0) is 13.9. The second-order valence-electron chi connectivity index (χ2n) is 5.84. The highest BCUT2D eigenvalue weighted by Gasteiger charge is 2.36. The smallest absolute Gasteiger partial charge is 0.282 e. The minimum Gasteiger partial charge on any atom is -0.396 e. The quantitative estimate of drug-likeness (QED) is 0.846. The largest absolute Gasteiger partial charge is 0.396 e. The summed E-state index contributed by atoms with van der Waals surface area (Å²) >= 11 is 0. The Hall–Kier alpha value is -0.170. The van der Waals surface area contributed by atoms with Crippen LogP contribution in [0.15, 0.2) is 0 Å². The van der Waals surface area contributed by atoms with E-state index in [1.165, 1.54) is 0 Å². The van der Waals surface area contributed by atoms with Gasteiger partial charge in [0.2, 0.25) is 0 Å². The average Bonchev–Trinajstić information content (AvgIpc) is 2.40. The van der Waals surface area contributed by atoms with Crippen LogP contribution in [0.2, 0.25) is 0 Å². The highest BCUT2D eigenvalue weighted by Crippen LogP contribution is 2.27. The normalized spacial score (nSPS) is 31.5. The molecule has 0 radical (unpaired) electrons. The number of rotatable bonds is 4. The van der Waals surface area contributed by atoms with Gasteiger partial charge < -0.3 is 5.11 Å². The lowest BCUT2D eigenvalue weighted by Crippen LogP contribution is -2.52. The van der Waals surface area contributed by atoms with Gasteiger partial charge in [0, 0.05) is 32.3 Å². The summed E-state index contributed by atoms with van der Waals surface area (Å²) in [6.45, 7) is 4.02. The third kappa shape index (κ3) is 3.48. The summed E-state index contributed by atoms with van der Waals surface area (Å²) in [5.74, 6) is 0.314. The molecule has 5 nitrogen and oxygen atoms in total. The Balaban J connectivity index is 2.05. The first kappa shape index (κ1) is 15.2. The predicted molar refractivity (Wildman–Crippen MR) is 74.9 cm³/mol. The van der Waals surface area contributed by atoms with Gasteiger partial charge in [0.1, 0.15) is 0 Å². The molecule has 0 bridgehead atoms. The number of aliphatic hydroxyl groups excluding tert-OH is 1. The van der Waals surface area contributed by atoms with Gasteiger partial charge in [0.25, 0.3) is 10.2 Å². The first-order valence-corrected chi connectivity index (χ1v) is 8.83. The third-order valence-corrected chi connectivity index (χ3v) is 6.50. The molecule has 2 heterocycles. The third-order valence-electron chi connectivity index (χ3n) is 4.38. The van der Waals surface area contributed by atoms with Crippen molar-refractivity contribution in [3.63, 3.8) is 0 Å². The molecule has 0 aromatic carbocycles. The molecule has 1 N–H and O–H groups in total. The Kier molecular flexibility index (Phi) is 5.22. The molecule has 19 heavy (non-hydrogen) atoms. The lowest BCUT2D eigenvalue weighted by Gasteiger charge is -2.39. The summed E-state index contributed by atoms with van der Waals surface area (Å²) in [5.41, 5.74) is 0. The Morgan fingerprint density at radius 2 is 1.95 bits per heavy atom. The maximum Gasteiger partial charge on any atom is 0.282 e. The van der Waals surface area contributed by atoms with E-state index in [-0.39, 0.29) is 12.6 Å². The Morgan fingerprint density at radius 1 is 1.16 bits per heavy atom. The van der Waals surface area contributed by atoms with Crippen LogP contribution in [0.3, 0.4) is 0 Å². The monoisotopic (exact) mass is 290 g/mol. The molecule has 112 valence electrons. The van der Waals surface area contributed by atoms with Gasteiger partial charge in [0.15, 0.2) is 0 Å². The van der Waals surface area contributed by atoms with Gasteiger partial charge >= 0.3 is 0 Å². The standard InChI is InChI=1S/C13H26N2O3S/c1-12-5-2-3-9-15(12)19(17,18)14-8-4-6-13(11-14)7-10-16/h12-13,16H,2-11H2,1H3. The maximum absolute atomic E-state index is 12.7. The SMILES string of the molecule is CC1CCCCN1S(=O)(=O)N1CCCC(CCO)C1. The van der Waals surface area contributed by atoms with Crippen LogP contribution in [0.5, 0.6) is 0 Å².